The van der Waals surface area contributed by atoms with E-state index in [-0.39, 0.29) is 0 Å². The van der Waals surface area contributed by atoms with Crippen molar-refractivity contribution < 1.29 is 4.42 Å². The van der Waals surface area contributed by atoms with Gasteiger partial charge in [-0.25, -0.2) is 0 Å². The van der Waals surface area contributed by atoms with E-state index in [2.05, 4.69) is 23.7 Å². The van der Waals surface area contributed by atoms with Crippen LogP contribution < -0.4 is 0 Å². The number of rotatable bonds is 1. The molecule has 0 aliphatic carbocycles. The third-order valence-corrected chi connectivity index (χ3v) is 1.33. The summed E-state index contributed by atoms with van der Waals surface area (Å²) in [6.07, 6.45) is 8.75. The molecular formula is C13H10O. The molecule has 0 spiro atoms. The second kappa shape index (κ2) is 6.40. The van der Waals surface area contributed by atoms with Crippen LogP contribution in [0.1, 0.15) is 12.7 Å². The van der Waals surface area contributed by atoms with Crippen LogP contribution in [-0.2, 0) is 0 Å². The summed E-state index contributed by atoms with van der Waals surface area (Å²) in [5, 5.41) is 0. The monoisotopic (exact) mass is 182 g/mol. The maximum absolute atomic E-state index is 5.08. The Hall–Kier alpha value is -2.12. The van der Waals surface area contributed by atoms with Crippen LogP contribution in [0.4, 0.5) is 0 Å². The van der Waals surface area contributed by atoms with Crippen LogP contribution >= 0.6 is 0 Å². The molecule has 1 aromatic rings. The Morgan fingerprint density at radius 1 is 1.21 bits per heavy atom. The molecule has 0 atom stereocenters. The highest BCUT2D eigenvalue weighted by Gasteiger charge is 1.83. The number of allylic oxidation sites excluding steroid dienone is 3. The minimum absolute atomic E-state index is 0.792. The quantitative estimate of drug-likeness (QED) is 0.609. The number of hydrogen-bond acceptors (Lipinski definition) is 1. The van der Waals surface area contributed by atoms with E-state index in [0.29, 0.717) is 0 Å². The minimum Gasteiger partial charge on any atom is -0.465 e. The summed E-state index contributed by atoms with van der Waals surface area (Å²) in [7, 11) is 0. The lowest BCUT2D eigenvalue weighted by Crippen LogP contribution is -1.58. The lowest BCUT2D eigenvalue weighted by molar-refractivity contribution is 0.557. The van der Waals surface area contributed by atoms with E-state index in [0.717, 1.165) is 5.76 Å². The average molecular weight is 182 g/mol. The predicted octanol–water partition coefficient (Wildman–Crippen LogP) is 2.88. The molecule has 0 unspecified atom stereocenters. The first kappa shape index (κ1) is 9.96. The molecule has 0 radical (unpaired) electrons. The zero-order chi connectivity index (χ0) is 10.1. The average Bonchev–Trinajstić information content (AvgIpc) is 2.69. The fraction of sp³-hybridized carbons (Fsp3) is 0.0769. The van der Waals surface area contributed by atoms with Crippen molar-refractivity contribution in [3.05, 3.63) is 42.4 Å². The molecular weight excluding hydrogens is 172 g/mol. The Kier molecular flexibility index (Phi) is 4.56. The molecule has 0 aromatic carbocycles. The number of furan rings is 1. The highest BCUT2D eigenvalue weighted by Crippen LogP contribution is 2.00. The summed E-state index contributed by atoms with van der Waals surface area (Å²) >= 11 is 0. The molecule has 1 rings (SSSR count). The Morgan fingerprint density at radius 3 is 2.64 bits per heavy atom. The van der Waals surface area contributed by atoms with Crippen LogP contribution in [0.5, 0.6) is 0 Å². The van der Waals surface area contributed by atoms with Gasteiger partial charge >= 0.3 is 0 Å². The van der Waals surface area contributed by atoms with Crippen molar-refractivity contribution in [3.8, 4) is 23.7 Å². The van der Waals surface area contributed by atoms with Crippen LogP contribution in [0.2, 0.25) is 0 Å². The fourth-order valence-corrected chi connectivity index (χ4v) is 0.749. The van der Waals surface area contributed by atoms with Crippen molar-refractivity contribution in [1.82, 2.24) is 0 Å². The molecule has 0 amide bonds. The van der Waals surface area contributed by atoms with Gasteiger partial charge < -0.3 is 4.42 Å². The topological polar surface area (TPSA) is 13.1 Å². The third-order valence-electron chi connectivity index (χ3n) is 1.33. The predicted molar refractivity (Wildman–Crippen MR) is 58.1 cm³/mol. The molecule has 0 aliphatic rings. The second-order valence-electron chi connectivity index (χ2n) is 2.39. The molecule has 0 saturated carbocycles. The van der Waals surface area contributed by atoms with E-state index in [1.54, 1.807) is 24.5 Å². The van der Waals surface area contributed by atoms with Gasteiger partial charge in [0, 0.05) is 0 Å². The van der Waals surface area contributed by atoms with Gasteiger partial charge in [-0.3, -0.25) is 0 Å². The van der Waals surface area contributed by atoms with Crippen LogP contribution in [-0.4, -0.2) is 0 Å². The summed E-state index contributed by atoms with van der Waals surface area (Å²) in [5.74, 6) is 11.7. The van der Waals surface area contributed by atoms with E-state index < -0.39 is 0 Å². The minimum atomic E-state index is 0.792. The molecule has 0 fully saturated rings. The van der Waals surface area contributed by atoms with Crippen LogP contribution in [0.15, 0.2) is 41.0 Å². The second-order valence-corrected chi connectivity index (χ2v) is 2.39. The maximum Gasteiger partial charge on any atom is 0.127 e. The maximum atomic E-state index is 5.08. The van der Waals surface area contributed by atoms with Crippen LogP contribution in [0, 0.1) is 23.7 Å². The third kappa shape index (κ3) is 4.04. The lowest BCUT2D eigenvalue weighted by atomic mass is 10.4. The highest BCUT2D eigenvalue weighted by molar-refractivity contribution is 5.48. The summed E-state index contributed by atoms with van der Waals surface area (Å²) in [6, 6.07) is 3.70. The van der Waals surface area contributed by atoms with Crippen molar-refractivity contribution >= 4 is 6.08 Å². The van der Waals surface area contributed by atoms with Gasteiger partial charge in [0.25, 0.3) is 0 Å². The van der Waals surface area contributed by atoms with E-state index in [1.165, 1.54) is 0 Å². The van der Waals surface area contributed by atoms with Crippen LogP contribution in [0.3, 0.4) is 0 Å². The van der Waals surface area contributed by atoms with Gasteiger partial charge in [0.15, 0.2) is 0 Å². The van der Waals surface area contributed by atoms with Gasteiger partial charge in [0.2, 0.25) is 0 Å². The highest BCUT2D eigenvalue weighted by atomic mass is 16.3. The summed E-state index contributed by atoms with van der Waals surface area (Å²) < 4.78 is 5.08. The molecule has 14 heavy (non-hydrogen) atoms. The molecule has 0 aliphatic heterocycles. The summed E-state index contributed by atoms with van der Waals surface area (Å²) in [6.45, 7) is 1.92. The Labute approximate surface area is 84.1 Å². The van der Waals surface area contributed by atoms with Gasteiger partial charge in [0.05, 0.1) is 6.26 Å². The molecule has 1 heteroatoms. The molecule has 0 saturated heterocycles. The Balaban J connectivity index is 2.45. The van der Waals surface area contributed by atoms with Gasteiger partial charge in [0.1, 0.15) is 5.76 Å². The molecule has 68 valence electrons. The largest absolute Gasteiger partial charge is 0.465 e. The van der Waals surface area contributed by atoms with Gasteiger partial charge in [-0.05, 0) is 49.1 Å². The zero-order valence-electron chi connectivity index (χ0n) is 7.95. The summed E-state index contributed by atoms with van der Waals surface area (Å²) in [5.41, 5.74) is 0. The SMILES string of the molecule is C/C=C\C#CC#C/C=C/c1ccco1. The first-order valence-electron chi connectivity index (χ1n) is 4.26. The Morgan fingerprint density at radius 2 is 2.00 bits per heavy atom. The summed E-state index contributed by atoms with van der Waals surface area (Å²) in [4.78, 5) is 0. The van der Waals surface area contributed by atoms with Crippen molar-refractivity contribution in [2.24, 2.45) is 0 Å². The Bertz CT molecular complexity index is 425. The molecule has 0 bridgehead atoms. The standard InChI is InChI=1S/C13H10O/c1-2-3-4-5-6-7-8-10-13-11-9-12-14-13/h2-3,8-12H,1H3/b3-2-,10-8+. The van der Waals surface area contributed by atoms with Crippen molar-refractivity contribution in [1.29, 1.82) is 0 Å². The lowest BCUT2D eigenvalue weighted by Gasteiger charge is -1.76. The van der Waals surface area contributed by atoms with Crippen LogP contribution in [0.25, 0.3) is 6.08 Å². The first-order chi connectivity index (χ1) is 6.93. The zero-order valence-corrected chi connectivity index (χ0v) is 7.95. The van der Waals surface area contributed by atoms with E-state index in [1.807, 2.05) is 25.1 Å². The van der Waals surface area contributed by atoms with Crippen molar-refractivity contribution in [2.45, 2.75) is 6.92 Å². The number of hydrogen-bond donors (Lipinski definition) is 0. The normalized spacial score (nSPS) is 9.50. The van der Waals surface area contributed by atoms with E-state index in [9.17, 15) is 0 Å². The van der Waals surface area contributed by atoms with Gasteiger partial charge in [-0.1, -0.05) is 17.9 Å². The molecule has 1 heterocycles. The van der Waals surface area contributed by atoms with E-state index in [4.69, 9.17) is 4.42 Å². The van der Waals surface area contributed by atoms with Gasteiger partial charge in [-0.15, -0.1) is 0 Å². The first-order valence-corrected chi connectivity index (χ1v) is 4.26. The fourth-order valence-electron chi connectivity index (χ4n) is 0.749. The van der Waals surface area contributed by atoms with Gasteiger partial charge in [-0.2, -0.15) is 0 Å². The van der Waals surface area contributed by atoms with Crippen molar-refractivity contribution in [3.63, 3.8) is 0 Å². The molecule has 1 nitrogen and oxygen atoms in total. The smallest absolute Gasteiger partial charge is 0.127 e. The molecule has 1 aromatic heterocycles. The molecule has 0 N–H and O–H groups in total. The van der Waals surface area contributed by atoms with E-state index >= 15 is 0 Å². The van der Waals surface area contributed by atoms with Crippen molar-refractivity contribution in [2.75, 3.05) is 0 Å².